The molecule has 0 bridgehead atoms. The average Bonchev–Trinajstić information content (AvgIpc) is 3.37. The molecule has 37 heavy (non-hydrogen) atoms. The molecule has 1 saturated heterocycles. The van der Waals surface area contributed by atoms with Gasteiger partial charge in [-0.25, -0.2) is 9.97 Å². The number of nitrogens with one attached hydrogen (secondary N) is 2. The van der Waals surface area contributed by atoms with Crippen LogP contribution in [0.3, 0.4) is 0 Å². The molecule has 1 aromatic carbocycles. The lowest BCUT2D eigenvalue weighted by atomic mass is 10.00. The highest BCUT2D eigenvalue weighted by Crippen LogP contribution is 2.25. The van der Waals surface area contributed by atoms with Crippen molar-refractivity contribution in [3.8, 4) is 11.5 Å². The summed E-state index contributed by atoms with van der Waals surface area (Å²) < 4.78 is 16.1. The fourth-order valence-electron chi connectivity index (χ4n) is 4.03. The van der Waals surface area contributed by atoms with Gasteiger partial charge >= 0.3 is 0 Å². The molecule has 4 N–H and O–H groups in total. The summed E-state index contributed by atoms with van der Waals surface area (Å²) in [6, 6.07) is 8.72. The van der Waals surface area contributed by atoms with Crippen LogP contribution in [0.25, 0.3) is 11.5 Å². The number of aromatic nitrogens is 2. The van der Waals surface area contributed by atoms with E-state index in [-0.39, 0.29) is 23.0 Å². The lowest BCUT2D eigenvalue weighted by Crippen LogP contribution is -2.52. The van der Waals surface area contributed by atoms with Gasteiger partial charge in [-0.1, -0.05) is 6.07 Å². The minimum atomic E-state index is -0.509. The van der Waals surface area contributed by atoms with Crippen LogP contribution in [-0.4, -0.2) is 72.2 Å². The first-order chi connectivity index (χ1) is 17.8. The molecule has 0 aliphatic carbocycles. The maximum atomic E-state index is 13.0. The molecule has 1 aliphatic rings. The zero-order valence-electron chi connectivity index (χ0n) is 21.2. The van der Waals surface area contributed by atoms with E-state index in [1.807, 2.05) is 6.07 Å². The molecule has 0 saturated carbocycles. The number of anilines is 2. The molecule has 11 heteroatoms. The highest BCUT2D eigenvalue weighted by molar-refractivity contribution is 6.08. The van der Waals surface area contributed by atoms with E-state index in [2.05, 4.69) is 39.3 Å². The van der Waals surface area contributed by atoms with Crippen LogP contribution in [0.4, 0.5) is 11.5 Å². The monoisotopic (exact) mass is 508 g/mol. The van der Waals surface area contributed by atoms with Crippen molar-refractivity contribution < 1.29 is 23.5 Å². The minimum Gasteiger partial charge on any atom is -0.444 e. The smallest absolute Gasteiger partial charge is 0.277 e. The van der Waals surface area contributed by atoms with Gasteiger partial charge in [0.25, 0.3) is 11.8 Å². The SMILES string of the molecule is COCCNC(=O)c1cc(CN2CCOCC2(C)C)ccc1NC(=O)c1coc(-c2ccnc(N)c2)n1. The Morgan fingerprint density at radius 1 is 1.22 bits per heavy atom. The van der Waals surface area contributed by atoms with Gasteiger partial charge in [0.05, 0.1) is 31.1 Å². The predicted molar refractivity (Wildman–Crippen MR) is 138 cm³/mol. The highest BCUT2D eigenvalue weighted by Gasteiger charge is 2.30. The maximum Gasteiger partial charge on any atom is 0.277 e. The van der Waals surface area contributed by atoms with Gasteiger partial charge in [-0.2, -0.15) is 0 Å². The largest absolute Gasteiger partial charge is 0.444 e. The number of benzene rings is 1. The van der Waals surface area contributed by atoms with Gasteiger partial charge in [-0.05, 0) is 43.7 Å². The molecule has 3 aromatic rings. The van der Waals surface area contributed by atoms with Crippen molar-refractivity contribution in [3.63, 3.8) is 0 Å². The molecule has 2 amide bonds. The summed E-state index contributed by atoms with van der Waals surface area (Å²) in [5, 5.41) is 5.63. The topological polar surface area (TPSA) is 145 Å². The third-order valence-electron chi connectivity index (χ3n) is 6.12. The van der Waals surface area contributed by atoms with Crippen molar-refractivity contribution >= 4 is 23.3 Å². The van der Waals surface area contributed by atoms with Crippen LogP contribution in [0.15, 0.2) is 47.2 Å². The molecule has 196 valence electrons. The van der Waals surface area contributed by atoms with Crippen LogP contribution in [0.2, 0.25) is 0 Å². The van der Waals surface area contributed by atoms with E-state index in [4.69, 9.17) is 19.6 Å². The zero-order chi connectivity index (χ0) is 26.4. The number of methoxy groups -OCH3 is 1. The summed E-state index contributed by atoms with van der Waals surface area (Å²) in [5.74, 6) is -0.278. The molecule has 11 nitrogen and oxygen atoms in total. The molecule has 0 spiro atoms. The number of nitrogens with zero attached hydrogens (tertiary/aromatic N) is 3. The molecule has 2 aromatic heterocycles. The lowest BCUT2D eigenvalue weighted by Gasteiger charge is -2.42. The van der Waals surface area contributed by atoms with Crippen LogP contribution in [0, 0.1) is 0 Å². The highest BCUT2D eigenvalue weighted by atomic mass is 16.5. The normalized spacial score (nSPS) is 15.3. The van der Waals surface area contributed by atoms with Gasteiger partial charge in [0, 0.05) is 44.0 Å². The molecule has 1 fully saturated rings. The van der Waals surface area contributed by atoms with Crippen LogP contribution < -0.4 is 16.4 Å². The van der Waals surface area contributed by atoms with Crippen molar-refractivity contribution in [1.82, 2.24) is 20.2 Å². The van der Waals surface area contributed by atoms with Gasteiger partial charge in [0.15, 0.2) is 5.69 Å². The van der Waals surface area contributed by atoms with Crippen LogP contribution >= 0.6 is 0 Å². The third kappa shape index (κ3) is 6.50. The van der Waals surface area contributed by atoms with E-state index in [1.54, 1.807) is 31.4 Å². The van der Waals surface area contributed by atoms with Gasteiger partial charge in [-0.15, -0.1) is 0 Å². The van der Waals surface area contributed by atoms with Crippen molar-refractivity contribution in [2.75, 3.05) is 51.1 Å². The summed E-state index contributed by atoms with van der Waals surface area (Å²) in [6.45, 7) is 7.70. The van der Waals surface area contributed by atoms with E-state index in [0.29, 0.717) is 55.5 Å². The van der Waals surface area contributed by atoms with E-state index in [1.165, 1.54) is 12.5 Å². The number of carbonyl (C=O) groups excluding carboxylic acids is 2. The molecular weight excluding hydrogens is 476 g/mol. The summed E-state index contributed by atoms with van der Waals surface area (Å²) in [7, 11) is 1.56. The minimum absolute atomic E-state index is 0.0651. The van der Waals surface area contributed by atoms with E-state index in [9.17, 15) is 9.59 Å². The summed E-state index contributed by atoms with van der Waals surface area (Å²) in [6.07, 6.45) is 2.79. The first-order valence-corrected chi connectivity index (χ1v) is 12.0. The quantitative estimate of drug-likeness (QED) is 0.371. The van der Waals surface area contributed by atoms with E-state index < -0.39 is 5.91 Å². The number of carbonyl (C=O) groups is 2. The zero-order valence-corrected chi connectivity index (χ0v) is 21.2. The Labute approximate surface area is 215 Å². The number of amides is 2. The number of ether oxygens (including phenoxy) is 2. The first kappa shape index (κ1) is 26.3. The molecule has 0 unspecified atom stereocenters. The second kappa shape index (κ2) is 11.5. The van der Waals surface area contributed by atoms with Crippen LogP contribution in [0.5, 0.6) is 0 Å². The average molecular weight is 509 g/mol. The second-order valence-electron chi connectivity index (χ2n) is 9.38. The first-order valence-electron chi connectivity index (χ1n) is 12.0. The number of hydrogen-bond acceptors (Lipinski definition) is 9. The van der Waals surface area contributed by atoms with Gasteiger partial charge in [0.1, 0.15) is 12.1 Å². The van der Waals surface area contributed by atoms with Crippen LogP contribution in [-0.2, 0) is 16.0 Å². The van der Waals surface area contributed by atoms with Crippen molar-refractivity contribution in [3.05, 3.63) is 59.6 Å². The Morgan fingerprint density at radius 2 is 2.05 bits per heavy atom. The number of morpholine rings is 1. The Bertz CT molecular complexity index is 1260. The van der Waals surface area contributed by atoms with Crippen molar-refractivity contribution in [2.45, 2.75) is 25.9 Å². The molecular formula is C26H32N6O5. The third-order valence-corrected chi connectivity index (χ3v) is 6.12. The maximum absolute atomic E-state index is 13.0. The Morgan fingerprint density at radius 3 is 2.81 bits per heavy atom. The van der Waals surface area contributed by atoms with Gasteiger partial charge in [0.2, 0.25) is 5.89 Å². The fraction of sp³-hybridized carbons (Fsp3) is 0.385. The number of nitrogen functional groups attached to an aromatic ring is 1. The number of pyridine rings is 1. The molecule has 1 aliphatic heterocycles. The summed E-state index contributed by atoms with van der Waals surface area (Å²) in [4.78, 5) is 36.6. The predicted octanol–water partition coefficient (Wildman–Crippen LogP) is 2.56. The second-order valence-corrected chi connectivity index (χ2v) is 9.38. The number of oxazole rings is 1. The summed E-state index contributed by atoms with van der Waals surface area (Å²) in [5.41, 5.74) is 7.92. The number of hydrogen-bond donors (Lipinski definition) is 3. The van der Waals surface area contributed by atoms with Crippen molar-refractivity contribution in [1.29, 1.82) is 0 Å². The molecule has 0 atom stereocenters. The molecule has 0 radical (unpaired) electrons. The standard InChI is InChI=1S/C26H32N6O5/c1-26(2)16-36-11-9-32(26)14-17-4-5-20(19(12-17)23(33)29-8-10-35-3)30-24(34)21-15-37-25(31-21)18-6-7-28-22(27)13-18/h4-7,12-13,15H,8-11,14,16H2,1-3H3,(H2,27,28)(H,29,33)(H,30,34). The molecule has 3 heterocycles. The van der Waals surface area contributed by atoms with Gasteiger partial charge < -0.3 is 30.3 Å². The van der Waals surface area contributed by atoms with Crippen LogP contribution in [0.1, 0.15) is 40.3 Å². The lowest BCUT2D eigenvalue weighted by molar-refractivity contribution is -0.0552. The number of rotatable bonds is 9. The Hall–Kier alpha value is -3.80. The Kier molecular flexibility index (Phi) is 8.17. The summed E-state index contributed by atoms with van der Waals surface area (Å²) >= 11 is 0. The van der Waals surface area contributed by atoms with Crippen molar-refractivity contribution in [2.24, 2.45) is 0 Å². The van der Waals surface area contributed by atoms with Gasteiger partial charge in [-0.3, -0.25) is 14.5 Å². The van der Waals surface area contributed by atoms with E-state index in [0.717, 1.165) is 12.1 Å². The fourth-order valence-corrected chi connectivity index (χ4v) is 4.03. The number of nitrogens with two attached hydrogens (primary N) is 1. The van der Waals surface area contributed by atoms with E-state index >= 15 is 0 Å². The Balaban J connectivity index is 1.55. The molecule has 4 rings (SSSR count).